The van der Waals surface area contributed by atoms with Gasteiger partial charge in [-0.05, 0) is 57.9 Å². The first-order valence-electron chi connectivity index (χ1n) is 8.85. The molecule has 2 heterocycles. The van der Waals surface area contributed by atoms with E-state index in [1.165, 1.54) is 64.6 Å². The molecule has 116 valence electrons. The molecule has 1 aliphatic carbocycles. The lowest BCUT2D eigenvalue weighted by atomic mass is 9.74. The van der Waals surface area contributed by atoms with Gasteiger partial charge in [-0.25, -0.2) is 0 Å². The average molecular weight is 279 g/mol. The summed E-state index contributed by atoms with van der Waals surface area (Å²) >= 11 is 0. The highest BCUT2D eigenvalue weighted by molar-refractivity contribution is 5.02. The zero-order valence-corrected chi connectivity index (χ0v) is 13.5. The van der Waals surface area contributed by atoms with Gasteiger partial charge >= 0.3 is 0 Å². The zero-order valence-electron chi connectivity index (χ0n) is 13.5. The van der Waals surface area contributed by atoms with E-state index in [9.17, 15) is 0 Å². The molecule has 0 amide bonds. The van der Waals surface area contributed by atoms with Gasteiger partial charge in [-0.15, -0.1) is 0 Å². The number of nitrogens with two attached hydrogens (primary N) is 1. The van der Waals surface area contributed by atoms with Crippen LogP contribution in [0.2, 0.25) is 0 Å². The number of rotatable bonds is 2. The Morgan fingerprint density at radius 1 is 1.05 bits per heavy atom. The van der Waals surface area contributed by atoms with Crippen molar-refractivity contribution < 1.29 is 0 Å². The van der Waals surface area contributed by atoms with Crippen molar-refractivity contribution in [3.63, 3.8) is 0 Å². The minimum Gasteiger partial charge on any atom is -0.329 e. The van der Waals surface area contributed by atoms with E-state index < -0.39 is 0 Å². The first-order valence-corrected chi connectivity index (χ1v) is 8.85. The molecule has 3 nitrogen and oxygen atoms in total. The van der Waals surface area contributed by atoms with E-state index in [0.717, 1.165) is 18.5 Å². The summed E-state index contributed by atoms with van der Waals surface area (Å²) in [6, 6.07) is 1.49. The number of fused-ring (bicyclic) bond motifs is 1. The van der Waals surface area contributed by atoms with E-state index in [-0.39, 0.29) is 0 Å². The molecule has 2 N–H and O–H groups in total. The van der Waals surface area contributed by atoms with Crippen molar-refractivity contribution in [1.29, 1.82) is 0 Å². The lowest BCUT2D eigenvalue weighted by Crippen LogP contribution is -2.67. The molecule has 0 spiro atoms. The van der Waals surface area contributed by atoms with Crippen molar-refractivity contribution in [2.75, 3.05) is 26.2 Å². The molecule has 2 atom stereocenters. The summed E-state index contributed by atoms with van der Waals surface area (Å²) in [7, 11) is 0. The van der Waals surface area contributed by atoms with Crippen LogP contribution in [0.1, 0.15) is 58.8 Å². The molecule has 3 aliphatic rings. The second-order valence-electron chi connectivity index (χ2n) is 7.76. The van der Waals surface area contributed by atoms with Crippen LogP contribution < -0.4 is 5.73 Å². The summed E-state index contributed by atoms with van der Waals surface area (Å²) in [5.41, 5.74) is 6.60. The van der Waals surface area contributed by atoms with Crippen molar-refractivity contribution in [3.05, 3.63) is 0 Å². The third-order valence-corrected chi connectivity index (χ3v) is 6.38. The lowest BCUT2D eigenvalue weighted by molar-refractivity contribution is -0.0622. The normalized spacial score (nSPS) is 44.2. The highest BCUT2D eigenvalue weighted by atomic mass is 15.3. The van der Waals surface area contributed by atoms with Gasteiger partial charge in [0.2, 0.25) is 0 Å². The summed E-state index contributed by atoms with van der Waals surface area (Å²) in [4.78, 5) is 5.58. The van der Waals surface area contributed by atoms with Crippen LogP contribution in [0.25, 0.3) is 0 Å². The van der Waals surface area contributed by atoms with E-state index in [0.29, 0.717) is 11.6 Å². The molecule has 3 fully saturated rings. The zero-order chi connectivity index (χ0) is 14.2. The molecule has 3 rings (SSSR count). The largest absolute Gasteiger partial charge is 0.329 e. The average Bonchev–Trinajstić information content (AvgIpc) is 2.48. The van der Waals surface area contributed by atoms with E-state index in [1.54, 1.807) is 0 Å². The van der Waals surface area contributed by atoms with Gasteiger partial charge in [0.15, 0.2) is 0 Å². The highest BCUT2D eigenvalue weighted by Gasteiger charge is 2.44. The SMILES string of the molecule is CC1CCC(CN)(N2CC3CCCCN3CC2C)CC1. The van der Waals surface area contributed by atoms with Crippen LogP contribution in [0.4, 0.5) is 0 Å². The standard InChI is InChI=1S/C17H33N3/c1-14-6-8-17(13-18,9-7-14)20-12-16-5-3-4-10-19(16)11-15(20)2/h14-16H,3-13,18H2,1-2H3. The van der Waals surface area contributed by atoms with Gasteiger partial charge in [-0.3, -0.25) is 9.80 Å². The van der Waals surface area contributed by atoms with Gasteiger partial charge in [0.05, 0.1) is 0 Å². The topological polar surface area (TPSA) is 32.5 Å². The summed E-state index contributed by atoms with van der Waals surface area (Å²) in [6.45, 7) is 9.56. The highest BCUT2D eigenvalue weighted by Crippen LogP contribution is 2.39. The molecule has 0 bridgehead atoms. The molecular weight excluding hydrogens is 246 g/mol. The summed E-state index contributed by atoms with van der Waals surface area (Å²) in [6.07, 6.45) is 9.62. The Morgan fingerprint density at radius 2 is 1.80 bits per heavy atom. The van der Waals surface area contributed by atoms with Gasteiger partial charge in [0, 0.05) is 37.3 Å². The number of hydrogen-bond acceptors (Lipinski definition) is 3. The third-order valence-electron chi connectivity index (χ3n) is 6.38. The van der Waals surface area contributed by atoms with Crippen molar-refractivity contribution >= 4 is 0 Å². The minimum atomic E-state index is 0.315. The van der Waals surface area contributed by atoms with Crippen molar-refractivity contribution in [2.45, 2.75) is 76.4 Å². The molecule has 0 aromatic rings. The van der Waals surface area contributed by atoms with Gasteiger partial charge in [0.1, 0.15) is 0 Å². The van der Waals surface area contributed by atoms with Crippen LogP contribution in [0.15, 0.2) is 0 Å². The molecular formula is C17H33N3. The molecule has 2 aliphatic heterocycles. The predicted molar refractivity (Wildman–Crippen MR) is 84.8 cm³/mol. The Labute approximate surface area is 124 Å². The fraction of sp³-hybridized carbons (Fsp3) is 1.00. The molecule has 3 heteroatoms. The van der Waals surface area contributed by atoms with Crippen LogP contribution in [0, 0.1) is 5.92 Å². The molecule has 1 saturated carbocycles. The van der Waals surface area contributed by atoms with Gasteiger partial charge < -0.3 is 5.73 Å². The van der Waals surface area contributed by atoms with Crippen LogP contribution in [-0.4, -0.2) is 53.6 Å². The fourth-order valence-corrected chi connectivity index (χ4v) is 4.92. The molecule has 0 aromatic carbocycles. The number of piperidine rings is 1. The van der Waals surface area contributed by atoms with E-state index >= 15 is 0 Å². The maximum absolute atomic E-state index is 6.29. The molecule has 20 heavy (non-hydrogen) atoms. The first-order chi connectivity index (χ1) is 9.64. The van der Waals surface area contributed by atoms with E-state index in [4.69, 9.17) is 5.73 Å². The quantitative estimate of drug-likeness (QED) is 0.843. The van der Waals surface area contributed by atoms with E-state index in [2.05, 4.69) is 23.6 Å². The molecule has 0 aromatic heterocycles. The van der Waals surface area contributed by atoms with Crippen LogP contribution in [-0.2, 0) is 0 Å². The minimum absolute atomic E-state index is 0.315. The maximum Gasteiger partial charge on any atom is 0.0335 e. The Morgan fingerprint density at radius 3 is 2.50 bits per heavy atom. The van der Waals surface area contributed by atoms with Crippen LogP contribution in [0.3, 0.4) is 0 Å². The fourth-order valence-electron chi connectivity index (χ4n) is 4.92. The molecule has 2 saturated heterocycles. The number of nitrogens with zero attached hydrogens (tertiary/aromatic N) is 2. The number of piperazine rings is 1. The van der Waals surface area contributed by atoms with Crippen molar-refractivity contribution in [1.82, 2.24) is 9.80 Å². The predicted octanol–water partition coefficient (Wildman–Crippen LogP) is 2.45. The second-order valence-corrected chi connectivity index (χ2v) is 7.76. The molecule has 2 unspecified atom stereocenters. The summed E-state index contributed by atoms with van der Waals surface area (Å²) in [5, 5.41) is 0. The Bertz CT molecular complexity index is 322. The Hall–Kier alpha value is -0.120. The van der Waals surface area contributed by atoms with E-state index in [1.807, 2.05) is 0 Å². The monoisotopic (exact) mass is 279 g/mol. The van der Waals surface area contributed by atoms with Crippen molar-refractivity contribution in [2.24, 2.45) is 11.7 Å². The smallest absolute Gasteiger partial charge is 0.0335 e. The van der Waals surface area contributed by atoms with Gasteiger partial charge in [0.25, 0.3) is 0 Å². The lowest BCUT2D eigenvalue weighted by Gasteiger charge is -2.56. The number of hydrogen-bond donors (Lipinski definition) is 1. The Kier molecular flexibility index (Phi) is 4.40. The van der Waals surface area contributed by atoms with Crippen molar-refractivity contribution in [3.8, 4) is 0 Å². The van der Waals surface area contributed by atoms with Gasteiger partial charge in [-0.2, -0.15) is 0 Å². The third kappa shape index (κ3) is 2.65. The second kappa shape index (κ2) is 5.94. The van der Waals surface area contributed by atoms with Crippen LogP contribution >= 0.6 is 0 Å². The first kappa shape index (κ1) is 14.8. The summed E-state index contributed by atoms with van der Waals surface area (Å²) < 4.78 is 0. The molecule has 0 radical (unpaired) electrons. The van der Waals surface area contributed by atoms with Crippen LogP contribution in [0.5, 0.6) is 0 Å². The summed E-state index contributed by atoms with van der Waals surface area (Å²) in [5.74, 6) is 0.904. The Balaban J connectivity index is 1.73. The maximum atomic E-state index is 6.29. The van der Waals surface area contributed by atoms with Gasteiger partial charge in [-0.1, -0.05) is 13.3 Å².